The molecule has 20 heavy (non-hydrogen) atoms. The molecule has 3 aliphatic rings. The Bertz CT molecular complexity index is 483. The minimum atomic E-state index is -1.11. The van der Waals surface area contributed by atoms with Crippen molar-refractivity contribution in [2.24, 2.45) is 10.1 Å². The molecular weight excluding hydrogens is 284 g/mol. The lowest BCUT2D eigenvalue weighted by molar-refractivity contribution is -0.0668. The topological polar surface area (TPSA) is 104 Å². The molecule has 0 aliphatic carbocycles. The molecule has 109 valence electrons. The Morgan fingerprint density at radius 1 is 1.50 bits per heavy atom. The minimum Gasteiger partial charge on any atom is -0.394 e. The van der Waals surface area contributed by atoms with Crippen molar-refractivity contribution in [3.8, 4) is 0 Å². The molecule has 0 aromatic carbocycles. The van der Waals surface area contributed by atoms with Crippen LogP contribution in [-0.2, 0) is 4.74 Å². The Kier molecular flexibility index (Phi) is 3.80. The smallest absolute Gasteiger partial charge is 0.308 e. The van der Waals surface area contributed by atoms with Crippen molar-refractivity contribution in [2.75, 3.05) is 19.4 Å². The molecule has 0 unspecified atom stereocenters. The largest absolute Gasteiger partial charge is 0.394 e. The Morgan fingerprint density at radius 3 is 2.95 bits per heavy atom. The predicted molar refractivity (Wildman–Crippen MR) is 74.1 cm³/mol. The van der Waals surface area contributed by atoms with Gasteiger partial charge in [-0.3, -0.25) is 0 Å². The van der Waals surface area contributed by atoms with E-state index in [0.29, 0.717) is 6.54 Å². The van der Waals surface area contributed by atoms with E-state index in [-0.39, 0.29) is 6.61 Å². The molecule has 3 aliphatic heterocycles. The van der Waals surface area contributed by atoms with Gasteiger partial charge in [0.1, 0.15) is 24.9 Å². The number of fused-ring (bicyclic) bond motifs is 1. The highest BCUT2D eigenvalue weighted by molar-refractivity contribution is 8.02. The normalized spacial score (nSPS) is 37.1. The third-order valence-corrected chi connectivity index (χ3v) is 4.05. The molecule has 0 aromatic heterocycles. The quantitative estimate of drug-likeness (QED) is 0.542. The molecule has 9 heteroatoms. The second kappa shape index (κ2) is 5.43. The van der Waals surface area contributed by atoms with Crippen LogP contribution in [0, 0.1) is 0 Å². The van der Waals surface area contributed by atoms with Gasteiger partial charge < -0.3 is 25.0 Å². The molecule has 0 spiro atoms. The lowest BCUT2D eigenvalue weighted by atomic mass is 10.1. The van der Waals surface area contributed by atoms with E-state index >= 15 is 0 Å². The molecule has 1 radical (unpaired) electrons. The zero-order valence-electron chi connectivity index (χ0n) is 10.8. The number of thioether (sulfide) groups is 1. The zero-order chi connectivity index (χ0) is 14.3. The number of nitrogens with zero attached hydrogens (tertiary/aromatic N) is 4. The Labute approximate surface area is 120 Å². The van der Waals surface area contributed by atoms with E-state index in [1.165, 1.54) is 11.8 Å². The molecule has 3 rings (SSSR count). The molecule has 1 saturated heterocycles. The monoisotopic (exact) mass is 300 g/mol. The van der Waals surface area contributed by atoms with Gasteiger partial charge >= 0.3 is 5.84 Å². The van der Waals surface area contributed by atoms with Crippen molar-refractivity contribution in [1.82, 2.24) is 9.91 Å². The second-order valence-corrected chi connectivity index (χ2v) is 5.50. The van der Waals surface area contributed by atoms with E-state index in [1.54, 1.807) is 16.2 Å². The highest BCUT2D eigenvalue weighted by Gasteiger charge is 2.47. The highest BCUT2D eigenvalue weighted by Crippen LogP contribution is 2.26. The van der Waals surface area contributed by atoms with Gasteiger partial charge in [-0.05, 0) is 11.4 Å². The Balaban J connectivity index is 1.74. The van der Waals surface area contributed by atoms with Gasteiger partial charge in [-0.25, -0.2) is 0 Å². The molecule has 0 bridgehead atoms. The van der Waals surface area contributed by atoms with Crippen LogP contribution in [0.1, 0.15) is 0 Å². The number of hydrogen-bond acceptors (Lipinski definition) is 9. The van der Waals surface area contributed by atoms with Crippen LogP contribution < -0.4 is 5.01 Å². The number of ether oxygens (including phenoxy) is 1. The fraction of sp³-hybridized carbons (Fsp3) is 0.636. The molecule has 0 saturated carbocycles. The first kappa shape index (κ1) is 14.0. The number of aliphatic imine (C=N–C) groups is 1. The van der Waals surface area contributed by atoms with Crippen molar-refractivity contribution in [2.45, 2.75) is 24.5 Å². The van der Waals surface area contributed by atoms with E-state index in [0.717, 1.165) is 10.9 Å². The number of amidine groups is 1. The fourth-order valence-corrected chi connectivity index (χ4v) is 2.73. The molecule has 4 atom stereocenters. The third-order valence-electron chi connectivity index (χ3n) is 3.44. The summed E-state index contributed by atoms with van der Waals surface area (Å²) in [4.78, 5) is 6.06. The fourth-order valence-electron chi connectivity index (χ4n) is 2.33. The summed E-state index contributed by atoms with van der Waals surface area (Å²) in [5.74, 6) is 0.731. The standard InChI is InChI=1S/C11H16N4O4S/c1-20-8-3-15-7(13-8)2-14(5-12-15)11-10(18)9(17)6(4-16)19-11/h3,5-6,9-11,16-18H,2,4H2,1H3/q+1/t6-,9-,10-,11-/m1/s1. The molecule has 8 nitrogen and oxygen atoms in total. The summed E-state index contributed by atoms with van der Waals surface area (Å²) in [6.07, 6.45) is 1.56. The molecular formula is C11H16N4O4S+. The van der Waals surface area contributed by atoms with Gasteiger partial charge in [-0.1, -0.05) is 0 Å². The van der Waals surface area contributed by atoms with Crippen LogP contribution in [0.4, 0.5) is 0 Å². The SMILES string of the molecule is CSC1=C[N+]2N=CN([C@@H]3O[C@H](CO)[C@@H](O)[C@H]3O)CC2=N1. The number of hydrazone groups is 1. The van der Waals surface area contributed by atoms with Crippen LogP contribution in [0.5, 0.6) is 0 Å². The van der Waals surface area contributed by atoms with E-state index in [9.17, 15) is 10.2 Å². The van der Waals surface area contributed by atoms with E-state index in [4.69, 9.17) is 9.84 Å². The van der Waals surface area contributed by atoms with Gasteiger partial charge in [0, 0.05) is 0 Å². The average Bonchev–Trinajstić information content (AvgIpc) is 3.00. The summed E-state index contributed by atoms with van der Waals surface area (Å²) >= 11 is 1.52. The summed E-state index contributed by atoms with van der Waals surface area (Å²) in [5.41, 5.74) is 0. The molecule has 0 amide bonds. The van der Waals surface area contributed by atoms with Crippen molar-refractivity contribution in [1.29, 1.82) is 0 Å². The van der Waals surface area contributed by atoms with Crippen LogP contribution in [-0.4, -0.2) is 76.3 Å². The predicted octanol–water partition coefficient (Wildman–Crippen LogP) is -1.60. The lowest BCUT2D eigenvalue weighted by Gasteiger charge is -2.28. The van der Waals surface area contributed by atoms with Crippen molar-refractivity contribution < 1.29 is 20.1 Å². The summed E-state index contributed by atoms with van der Waals surface area (Å²) in [5, 5.41) is 35.6. The van der Waals surface area contributed by atoms with Gasteiger partial charge in [0.15, 0.2) is 17.6 Å². The van der Waals surface area contributed by atoms with Crippen LogP contribution in [0.25, 0.3) is 0 Å². The summed E-state index contributed by atoms with van der Waals surface area (Å²) in [6, 6.07) is 0. The van der Waals surface area contributed by atoms with E-state index in [2.05, 4.69) is 10.1 Å². The van der Waals surface area contributed by atoms with Crippen LogP contribution in [0.15, 0.2) is 21.3 Å². The summed E-state index contributed by atoms with van der Waals surface area (Å²) in [7, 11) is 0. The third kappa shape index (κ3) is 2.26. The number of rotatable bonds is 3. The minimum absolute atomic E-state index is 0.342. The Hall–Kier alpha value is -0.970. The van der Waals surface area contributed by atoms with Gasteiger partial charge in [-0.15, -0.1) is 11.8 Å². The number of aliphatic hydroxyl groups is 3. The van der Waals surface area contributed by atoms with Gasteiger partial charge in [0.2, 0.25) is 6.20 Å². The van der Waals surface area contributed by atoms with Crippen molar-refractivity contribution >= 4 is 23.9 Å². The Morgan fingerprint density at radius 2 is 2.30 bits per heavy atom. The molecule has 1 fully saturated rings. The lowest BCUT2D eigenvalue weighted by Crippen LogP contribution is -2.50. The van der Waals surface area contributed by atoms with Crippen LogP contribution >= 0.6 is 11.8 Å². The number of aliphatic hydroxyl groups excluding tert-OH is 3. The van der Waals surface area contributed by atoms with Crippen LogP contribution in [0.2, 0.25) is 0 Å². The van der Waals surface area contributed by atoms with Crippen molar-refractivity contribution in [3.05, 3.63) is 11.2 Å². The maximum absolute atomic E-state index is 9.99. The average molecular weight is 300 g/mol. The van der Waals surface area contributed by atoms with Crippen molar-refractivity contribution in [3.63, 3.8) is 0 Å². The maximum atomic E-state index is 9.99. The van der Waals surface area contributed by atoms with E-state index in [1.807, 2.05) is 12.5 Å². The molecule has 3 heterocycles. The molecule has 3 N–H and O–H groups in total. The highest BCUT2D eigenvalue weighted by atomic mass is 32.2. The zero-order valence-corrected chi connectivity index (χ0v) is 11.6. The number of hydrogen-bond donors (Lipinski definition) is 3. The first-order chi connectivity index (χ1) is 9.63. The van der Waals surface area contributed by atoms with Gasteiger partial charge in [-0.2, -0.15) is 4.99 Å². The van der Waals surface area contributed by atoms with E-state index < -0.39 is 24.5 Å². The molecule has 0 aromatic rings. The summed E-state index contributed by atoms with van der Waals surface area (Å²) < 4.78 is 5.47. The first-order valence-corrected chi connectivity index (χ1v) is 7.41. The second-order valence-electron chi connectivity index (χ2n) is 4.68. The first-order valence-electron chi connectivity index (χ1n) is 6.19. The van der Waals surface area contributed by atoms with Gasteiger partial charge in [0.05, 0.1) is 11.6 Å². The van der Waals surface area contributed by atoms with Gasteiger partial charge in [0.25, 0.3) is 0 Å². The maximum Gasteiger partial charge on any atom is 0.308 e. The summed E-state index contributed by atoms with van der Waals surface area (Å²) in [6.45, 7) is 0.0710. The van der Waals surface area contributed by atoms with Crippen LogP contribution in [0.3, 0.4) is 0 Å².